The van der Waals surface area contributed by atoms with Gasteiger partial charge in [-0.25, -0.2) is 0 Å². The Kier molecular flexibility index (Phi) is 10.8. The summed E-state index contributed by atoms with van der Waals surface area (Å²) in [6, 6.07) is 38.7. The molecule has 0 N–H and O–H groups in total. The van der Waals surface area contributed by atoms with Crippen LogP contribution in [0.4, 0.5) is 0 Å². The number of aryl methyl sites for hydroxylation is 2. The van der Waals surface area contributed by atoms with Gasteiger partial charge in [0.25, 0.3) is 0 Å². The average molecular weight is 793 g/mol. The molecule has 0 nitrogen and oxygen atoms in total. The molecule has 0 aromatic heterocycles. The SMILES string of the molecule is CC1=Cc2cccc([Si](C)(C)C3C=C(C)c4ccccc43)c2C1.Cc1cc2cccc([Si](C)(C)[c-]3cc(C)c4ccccc43)c2[cH-]1.[Cl][Zr][Cl]. The number of halogens is 2. The molecule has 0 spiro atoms. The van der Waals surface area contributed by atoms with Gasteiger partial charge in [0.1, 0.15) is 0 Å². The van der Waals surface area contributed by atoms with Gasteiger partial charge < -0.3 is 0 Å². The van der Waals surface area contributed by atoms with Crippen LogP contribution in [0.15, 0.2) is 115 Å². The van der Waals surface area contributed by atoms with Crippen molar-refractivity contribution in [1.82, 2.24) is 0 Å². The number of allylic oxidation sites excluding steroid dienone is 3. The molecule has 250 valence electrons. The average Bonchev–Trinajstić information content (AvgIpc) is 3.84. The second-order valence-corrected chi connectivity index (χ2v) is 27.7. The molecule has 49 heavy (non-hydrogen) atoms. The van der Waals surface area contributed by atoms with E-state index in [1.165, 1.54) is 54.9 Å². The van der Waals surface area contributed by atoms with E-state index in [9.17, 15) is 0 Å². The van der Waals surface area contributed by atoms with E-state index < -0.39 is 37.0 Å². The molecular weight excluding hydrogens is 747 g/mol. The fourth-order valence-corrected chi connectivity index (χ4v) is 15.2. The zero-order valence-electron chi connectivity index (χ0n) is 30.0. The Labute approximate surface area is 314 Å². The van der Waals surface area contributed by atoms with E-state index in [0.717, 1.165) is 6.42 Å². The van der Waals surface area contributed by atoms with Gasteiger partial charge in [0, 0.05) is 13.6 Å². The molecule has 1 unspecified atom stereocenters. The Morgan fingerprint density at radius 3 is 2.24 bits per heavy atom. The molecule has 0 amide bonds. The third kappa shape index (κ3) is 6.92. The van der Waals surface area contributed by atoms with E-state index in [0.29, 0.717) is 5.54 Å². The number of benzene rings is 4. The van der Waals surface area contributed by atoms with E-state index in [4.69, 9.17) is 17.0 Å². The van der Waals surface area contributed by atoms with E-state index >= 15 is 0 Å². The predicted octanol–water partition coefficient (Wildman–Crippen LogP) is 11.5. The molecule has 8 rings (SSSR count). The van der Waals surface area contributed by atoms with Gasteiger partial charge in [0.2, 0.25) is 0 Å². The Bertz CT molecular complexity index is 2210. The van der Waals surface area contributed by atoms with E-state index in [-0.39, 0.29) is 0 Å². The zero-order chi connectivity index (χ0) is 35.1. The van der Waals surface area contributed by atoms with Gasteiger partial charge in [-0.15, -0.1) is 79.9 Å². The second-order valence-electron chi connectivity index (χ2n) is 15.0. The van der Waals surface area contributed by atoms with Crippen molar-refractivity contribution in [2.75, 3.05) is 0 Å². The number of fused-ring (bicyclic) bond motifs is 4. The van der Waals surface area contributed by atoms with Crippen LogP contribution in [0, 0.1) is 13.8 Å². The van der Waals surface area contributed by atoms with Crippen molar-refractivity contribution in [2.45, 2.75) is 65.8 Å². The van der Waals surface area contributed by atoms with Crippen molar-refractivity contribution in [3.8, 4) is 0 Å². The van der Waals surface area contributed by atoms with Crippen molar-refractivity contribution >= 4 is 81.9 Å². The first-order valence-corrected chi connectivity index (χ1v) is 29.6. The third-order valence-electron chi connectivity index (χ3n) is 10.9. The summed E-state index contributed by atoms with van der Waals surface area (Å²) in [6.07, 6.45) is 6.04. The molecule has 0 aliphatic heterocycles. The summed E-state index contributed by atoms with van der Waals surface area (Å²) in [5.41, 5.74) is 12.4. The molecule has 6 aromatic rings. The van der Waals surface area contributed by atoms with Crippen LogP contribution in [-0.4, -0.2) is 16.1 Å². The molecule has 0 bridgehead atoms. The quantitative estimate of drug-likeness (QED) is 0.123. The number of hydrogen-bond acceptors (Lipinski definition) is 0. The third-order valence-corrected chi connectivity index (χ3v) is 18.4. The minimum absolute atomic E-state index is 0.589. The molecule has 0 saturated heterocycles. The van der Waals surface area contributed by atoms with Crippen molar-refractivity contribution in [1.29, 1.82) is 0 Å². The maximum absolute atomic E-state index is 4.93. The van der Waals surface area contributed by atoms with Gasteiger partial charge in [-0.2, -0.15) is 11.6 Å². The predicted molar refractivity (Wildman–Crippen MR) is 221 cm³/mol. The minimum atomic E-state index is -1.75. The molecular formula is C44H46Cl2Si2Zr-2. The van der Waals surface area contributed by atoms with E-state index in [1.807, 2.05) is 0 Å². The molecule has 0 saturated carbocycles. The molecule has 0 fully saturated rings. The molecule has 2 aliphatic carbocycles. The first-order valence-electron chi connectivity index (χ1n) is 17.2. The van der Waals surface area contributed by atoms with Crippen LogP contribution in [0.1, 0.15) is 52.8 Å². The summed E-state index contributed by atoms with van der Waals surface area (Å²) in [7, 11) is 6.48. The summed E-state index contributed by atoms with van der Waals surface area (Å²) in [5.74, 6) is 0. The van der Waals surface area contributed by atoms with Gasteiger partial charge in [-0.3, -0.25) is 0 Å². The fourth-order valence-electron chi connectivity index (χ4n) is 8.48. The topological polar surface area (TPSA) is 0 Å². The van der Waals surface area contributed by atoms with E-state index in [2.05, 4.69) is 169 Å². The standard InChI is InChI=1S/C22H24Si.C22H22Si.2ClH.Zr/c2*1-15-12-17-8-7-11-21(20(17)13-15)23(3,4)22-14-16(2)18-9-5-6-10-19(18)22;;;/h5-12,14,22H,13H2,1-4H3;5-14H,1-4H3;2*1H;/q;-2;;;+2/p-2. The molecule has 0 radical (unpaired) electrons. The molecule has 5 heteroatoms. The summed E-state index contributed by atoms with van der Waals surface area (Å²) < 4.78 is 0. The van der Waals surface area contributed by atoms with Gasteiger partial charge in [0.05, 0.1) is 8.07 Å². The maximum atomic E-state index is 4.93. The summed E-state index contributed by atoms with van der Waals surface area (Å²) in [5, 5.41) is 10.5. The Balaban J connectivity index is 0.000000158. The van der Waals surface area contributed by atoms with Crippen LogP contribution in [0.2, 0.25) is 26.2 Å². The Hall–Kier alpha value is -2.52. The summed E-state index contributed by atoms with van der Waals surface area (Å²) >= 11 is -0.826. The van der Waals surface area contributed by atoms with E-state index in [1.54, 1.807) is 26.7 Å². The van der Waals surface area contributed by atoms with Gasteiger partial charge in [-0.05, 0) is 48.1 Å². The monoisotopic (exact) mass is 790 g/mol. The van der Waals surface area contributed by atoms with Crippen LogP contribution < -0.4 is 15.6 Å². The van der Waals surface area contributed by atoms with Gasteiger partial charge in [-0.1, -0.05) is 118 Å². The molecule has 6 aromatic carbocycles. The second kappa shape index (κ2) is 14.6. The van der Waals surface area contributed by atoms with Crippen LogP contribution in [0.3, 0.4) is 0 Å². The van der Waals surface area contributed by atoms with Gasteiger partial charge in [0.15, 0.2) is 0 Å². The van der Waals surface area contributed by atoms with Crippen molar-refractivity contribution in [2.24, 2.45) is 0 Å². The molecule has 1 atom stereocenters. The fraction of sp³-hybridized carbons (Fsp3) is 0.227. The van der Waals surface area contributed by atoms with Crippen LogP contribution in [0.5, 0.6) is 0 Å². The molecule has 2 aliphatic rings. The van der Waals surface area contributed by atoms with Crippen molar-refractivity contribution < 1.29 is 20.8 Å². The summed E-state index contributed by atoms with van der Waals surface area (Å²) in [4.78, 5) is 0. The Morgan fingerprint density at radius 2 is 1.47 bits per heavy atom. The van der Waals surface area contributed by atoms with Crippen molar-refractivity contribution in [3.05, 3.63) is 148 Å². The van der Waals surface area contributed by atoms with Crippen molar-refractivity contribution in [3.63, 3.8) is 0 Å². The number of hydrogen-bond donors (Lipinski definition) is 0. The number of rotatable bonds is 4. The van der Waals surface area contributed by atoms with Crippen LogP contribution in [-0.2, 0) is 27.3 Å². The molecule has 0 heterocycles. The first kappa shape index (κ1) is 36.3. The summed E-state index contributed by atoms with van der Waals surface area (Å²) in [6.45, 7) is 19.0. The van der Waals surface area contributed by atoms with Crippen LogP contribution in [0.25, 0.3) is 33.2 Å². The van der Waals surface area contributed by atoms with Crippen LogP contribution >= 0.6 is 17.0 Å². The Morgan fingerprint density at radius 1 is 0.796 bits per heavy atom. The first-order chi connectivity index (χ1) is 23.4. The van der Waals surface area contributed by atoms with Gasteiger partial charge >= 0.3 is 37.9 Å². The normalized spacial score (nSPS) is 15.1. The zero-order valence-corrected chi connectivity index (χ0v) is 36.0.